The molecule has 1 heterocycles. The second-order valence-corrected chi connectivity index (χ2v) is 5.69. The van der Waals surface area contributed by atoms with Gasteiger partial charge in [0, 0.05) is 12.2 Å². The van der Waals surface area contributed by atoms with Gasteiger partial charge in [0.1, 0.15) is 0 Å². The van der Waals surface area contributed by atoms with Crippen molar-refractivity contribution in [3.05, 3.63) is 0 Å². The first-order chi connectivity index (χ1) is 7.76. The predicted octanol–water partition coefficient (Wildman–Crippen LogP) is 3.17. The van der Waals surface area contributed by atoms with Crippen molar-refractivity contribution < 1.29 is 4.79 Å². The van der Waals surface area contributed by atoms with Crippen LogP contribution < -0.4 is 5.32 Å². The van der Waals surface area contributed by atoms with Crippen molar-refractivity contribution in [2.24, 2.45) is 0 Å². The first-order valence-corrected chi connectivity index (χ1v) is 7.32. The van der Waals surface area contributed by atoms with E-state index in [1.807, 2.05) is 0 Å². The number of hydrogen-bond acceptors (Lipinski definition) is 5. The van der Waals surface area contributed by atoms with Gasteiger partial charge in [-0.3, -0.25) is 4.79 Å². The number of hydrogen-bond donors (Lipinski definition) is 1. The summed E-state index contributed by atoms with van der Waals surface area (Å²) in [6, 6.07) is 0. The number of aromatic nitrogens is 2. The van der Waals surface area contributed by atoms with Crippen LogP contribution in [0.3, 0.4) is 0 Å². The van der Waals surface area contributed by atoms with E-state index in [1.165, 1.54) is 11.3 Å². The fourth-order valence-corrected chi connectivity index (χ4v) is 2.72. The lowest BCUT2D eigenvalue weighted by Gasteiger charge is -1.98. The number of carbonyl (C=O) groups is 1. The van der Waals surface area contributed by atoms with Crippen LogP contribution in [0, 0.1) is 0 Å². The van der Waals surface area contributed by atoms with Crippen LogP contribution in [-0.4, -0.2) is 21.9 Å². The van der Waals surface area contributed by atoms with Crippen LogP contribution in [0.5, 0.6) is 0 Å². The van der Waals surface area contributed by atoms with Gasteiger partial charge in [0.15, 0.2) is 4.34 Å². The molecule has 0 aliphatic rings. The summed E-state index contributed by atoms with van der Waals surface area (Å²) in [7, 11) is 0. The summed E-state index contributed by atoms with van der Waals surface area (Å²) in [5.74, 6) is 1.07. The quantitative estimate of drug-likeness (QED) is 0.603. The maximum Gasteiger partial charge on any atom is 0.226 e. The minimum atomic E-state index is 0.0324. The van der Waals surface area contributed by atoms with Crippen molar-refractivity contribution in [1.82, 2.24) is 10.2 Å². The molecule has 1 aromatic rings. The molecule has 0 fully saturated rings. The molecule has 1 aromatic heterocycles. The summed E-state index contributed by atoms with van der Waals surface area (Å²) < 4.78 is 0.924. The Bertz CT molecular complexity index is 328. The van der Waals surface area contributed by atoms with Gasteiger partial charge in [0.2, 0.25) is 11.0 Å². The maximum atomic E-state index is 11.4. The van der Waals surface area contributed by atoms with Gasteiger partial charge in [-0.1, -0.05) is 43.4 Å². The van der Waals surface area contributed by atoms with E-state index in [2.05, 4.69) is 29.4 Å². The Morgan fingerprint density at radius 2 is 2.19 bits per heavy atom. The zero-order chi connectivity index (χ0) is 11.8. The van der Waals surface area contributed by atoms with Crippen molar-refractivity contribution >= 4 is 34.1 Å². The van der Waals surface area contributed by atoms with Crippen LogP contribution in [-0.2, 0) is 4.79 Å². The molecule has 0 atom stereocenters. The van der Waals surface area contributed by atoms with E-state index >= 15 is 0 Å². The largest absolute Gasteiger partial charge is 0.301 e. The van der Waals surface area contributed by atoms with Gasteiger partial charge in [-0.05, 0) is 12.8 Å². The molecule has 0 aromatic carbocycles. The molecular formula is C10H17N3OS2. The average Bonchev–Trinajstić information content (AvgIpc) is 2.71. The molecule has 0 spiro atoms. The van der Waals surface area contributed by atoms with Crippen LogP contribution in [0.15, 0.2) is 4.34 Å². The number of carbonyl (C=O) groups excluding carboxylic acids is 1. The lowest BCUT2D eigenvalue weighted by atomic mass is 10.2. The zero-order valence-corrected chi connectivity index (χ0v) is 11.3. The highest BCUT2D eigenvalue weighted by molar-refractivity contribution is 8.01. The number of amides is 1. The third kappa shape index (κ3) is 4.94. The summed E-state index contributed by atoms with van der Waals surface area (Å²) in [5, 5.41) is 11.3. The third-order valence-corrected chi connectivity index (χ3v) is 4.02. The Labute approximate surface area is 104 Å². The summed E-state index contributed by atoms with van der Waals surface area (Å²) in [4.78, 5) is 11.4. The molecule has 1 amide bonds. The summed E-state index contributed by atoms with van der Waals surface area (Å²) in [6.07, 6.45) is 3.62. The molecular weight excluding hydrogens is 242 g/mol. The number of nitrogens with zero attached hydrogens (tertiary/aromatic N) is 2. The molecule has 6 heteroatoms. The minimum Gasteiger partial charge on any atom is -0.301 e. The van der Waals surface area contributed by atoms with E-state index < -0.39 is 0 Å². The Kier molecular flexibility index (Phi) is 6.40. The van der Waals surface area contributed by atoms with Gasteiger partial charge in [-0.2, -0.15) is 0 Å². The van der Waals surface area contributed by atoms with Crippen LogP contribution in [0.25, 0.3) is 0 Å². The lowest BCUT2D eigenvalue weighted by Crippen LogP contribution is -2.10. The molecule has 90 valence electrons. The fourth-order valence-electron chi connectivity index (χ4n) is 1.03. The van der Waals surface area contributed by atoms with E-state index in [-0.39, 0.29) is 5.91 Å². The number of thioether (sulfide) groups is 1. The maximum absolute atomic E-state index is 11.4. The van der Waals surface area contributed by atoms with E-state index in [0.717, 1.165) is 29.4 Å². The zero-order valence-electron chi connectivity index (χ0n) is 9.65. The Morgan fingerprint density at radius 1 is 1.38 bits per heavy atom. The lowest BCUT2D eigenvalue weighted by molar-refractivity contribution is -0.116. The first-order valence-electron chi connectivity index (χ1n) is 5.52. The van der Waals surface area contributed by atoms with E-state index in [9.17, 15) is 4.79 Å². The smallest absolute Gasteiger partial charge is 0.226 e. The van der Waals surface area contributed by atoms with Crippen LogP contribution in [0.2, 0.25) is 0 Å². The number of nitrogens with one attached hydrogen (secondary N) is 1. The Morgan fingerprint density at radius 3 is 2.88 bits per heavy atom. The topological polar surface area (TPSA) is 54.9 Å². The second kappa shape index (κ2) is 7.62. The van der Waals surface area contributed by atoms with Crippen molar-refractivity contribution in [1.29, 1.82) is 0 Å². The molecule has 0 radical (unpaired) electrons. The molecule has 4 nitrogen and oxygen atoms in total. The highest BCUT2D eigenvalue weighted by atomic mass is 32.2. The third-order valence-electron chi connectivity index (χ3n) is 1.84. The number of unbranched alkanes of at least 4 members (excludes halogenated alkanes) is 1. The van der Waals surface area contributed by atoms with Crippen molar-refractivity contribution in [3.8, 4) is 0 Å². The van der Waals surface area contributed by atoms with Crippen LogP contribution in [0.4, 0.5) is 5.13 Å². The monoisotopic (exact) mass is 259 g/mol. The predicted molar refractivity (Wildman–Crippen MR) is 69.1 cm³/mol. The molecule has 1 rings (SSSR count). The standard InChI is InChI=1S/C10H17N3OS2/c1-3-5-6-8(14)11-9-12-13-10(16-9)15-7-4-2/h3-7H2,1-2H3,(H,11,12,14). The van der Waals surface area contributed by atoms with Gasteiger partial charge in [-0.15, -0.1) is 10.2 Å². The highest BCUT2D eigenvalue weighted by Crippen LogP contribution is 2.25. The van der Waals surface area contributed by atoms with Crippen molar-refractivity contribution in [3.63, 3.8) is 0 Å². The second-order valence-electron chi connectivity index (χ2n) is 3.37. The molecule has 16 heavy (non-hydrogen) atoms. The van der Waals surface area contributed by atoms with Crippen LogP contribution >= 0.6 is 23.1 Å². The van der Waals surface area contributed by atoms with Gasteiger partial charge in [0.25, 0.3) is 0 Å². The average molecular weight is 259 g/mol. The highest BCUT2D eigenvalue weighted by Gasteiger charge is 2.07. The molecule has 0 saturated heterocycles. The number of rotatable bonds is 7. The molecule has 0 unspecified atom stereocenters. The molecule has 1 N–H and O–H groups in total. The van der Waals surface area contributed by atoms with Gasteiger partial charge in [0.05, 0.1) is 0 Å². The van der Waals surface area contributed by atoms with E-state index in [0.29, 0.717) is 11.6 Å². The van der Waals surface area contributed by atoms with E-state index in [4.69, 9.17) is 0 Å². The van der Waals surface area contributed by atoms with E-state index in [1.54, 1.807) is 11.8 Å². The van der Waals surface area contributed by atoms with Crippen molar-refractivity contribution in [2.75, 3.05) is 11.1 Å². The summed E-state index contributed by atoms with van der Waals surface area (Å²) in [5.41, 5.74) is 0. The minimum absolute atomic E-state index is 0.0324. The molecule has 0 bridgehead atoms. The molecule has 0 aliphatic heterocycles. The van der Waals surface area contributed by atoms with Gasteiger partial charge in [-0.25, -0.2) is 0 Å². The SMILES string of the molecule is CCCCC(=O)Nc1nnc(SCCC)s1. The van der Waals surface area contributed by atoms with Gasteiger partial charge < -0.3 is 5.32 Å². The molecule has 0 aliphatic carbocycles. The van der Waals surface area contributed by atoms with Crippen LogP contribution in [0.1, 0.15) is 39.5 Å². The normalized spacial score (nSPS) is 10.4. The Balaban J connectivity index is 2.36. The fraction of sp³-hybridized carbons (Fsp3) is 0.700. The summed E-state index contributed by atoms with van der Waals surface area (Å²) in [6.45, 7) is 4.19. The van der Waals surface area contributed by atoms with Gasteiger partial charge >= 0.3 is 0 Å². The first kappa shape index (κ1) is 13.4. The van der Waals surface area contributed by atoms with Crippen molar-refractivity contribution in [2.45, 2.75) is 43.9 Å². The number of anilines is 1. The summed E-state index contributed by atoms with van der Waals surface area (Å²) >= 11 is 3.12. The molecule has 0 saturated carbocycles. The Hall–Kier alpha value is -0.620.